The molecule has 0 saturated heterocycles. The first kappa shape index (κ1) is 25.9. The number of hydrogen-bond donors (Lipinski definition) is 2. The number of guanidine groups is 1. The molecule has 0 radical (unpaired) electrons. The quantitative estimate of drug-likeness (QED) is 0.203. The van der Waals surface area contributed by atoms with Crippen LogP contribution >= 0.6 is 24.0 Å². The summed E-state index contributed by atoms with van der Waals surface area (Å²) >= 11 is 0. The first-order chi connectivity index (χ1) is 12.6. The highest BCUT2D eigenvalue weighted by Crippen LogP contribution is 2.20. The molecule has 7 heteroatoms. The second kappa shape index (κ2) is 15.9. The largest absolute Gasteiger partial charge is 0.497 e. The lowest BCUT2D eigenvalue weighted by Crippen LogP contribution is -2.42. The molecule has 2 N–H and O–H groups in total. The molecule has 0 fully saturated rings. The van der Waals surface area contributed by atoms with Crippen molar-refractivity contribution in [1.82, 2.24) is 15.5 Å². The van der Waals surface area contributed by atoms with E-state index in [-0.39, 0.29) is 30.0 Å². The van der Waals surface area contributed by atoms with E-state index in [0.29, 0.717) is 0 Å². The topological polar surface area (TPSA) is 58.1 Å². The number of methoxy groups -OCH3 is 1. The van der Waals surface area contributed by atoms with Crippen molar-refractivity contribution in [1.29, 1.82) is 0 Å². The first-order valence-corrected chi connectivity index (χ1v) is 9.45. The summed E-state index contributed by atoms with van der Waals surface area (Å²) in [6.07, 6.45) is 3.28. The normalized spacial score (nSPS) is 12.4. The molecule has 1 atom stereocenters. The number of rotatable bonds is 12. The highest BCUT2D eigenvalue weighted by atomic mass is 127. The molecular weight excluding hydrogens is 455 g/mol. The van der Waals surface area contributed by atoms with Gasteiger partial charge in [0.2, 0.25) is 0 Å². The molecule has 1 rings (SSSR count). The predicted octanol–water partition coefficient (Wildman–Crippen LogP) is 3.29. The molecule has 6 nitrogen and oxygen atoms in total. The van der Waals surface area contributed by atoms with Crippen molar-refractivity contribution in [3.05, 3.63) is 29.8 Å². The minimum Gasteiger partial charge on any atom is -0.497 e. The lowest BCUT2D eigenvalue weighted by atomic mass is 10.1. The van der Waals surface area contributed by atoms with Gasteiger partial charge in [-0.2, -0.15) is 0 Å². The van der Waals surface area contributed by atoms with E-state index in [1.165, 1.54) is 12.0 Å². The highest BCUT2D eigenvalue weighted by molar-refractivity contribution is 14.0. The Bertz CT molecular complexity index is 509. The van der Waals surface area contributed by atoms with Gasteiger partial charge in [-0.25, -0.2) is 0 Å². The predicted molar refractivity (Wildman–Crippen MR) is 125 cm³/mol. The monoisotopic (exact) mass is 492 g/mol. The van der Waals surface area contributed by atoms with Crippen LogP contribution in [0.2, 0.25) is 0 Å². The number of nitrogens with one attached hydrogen (secondary N) is 2. The third-order valence-electron chi connectivity index (χ3n) is 4.21. The number of ether oxygens (including phenoxy) is 2. The van der Waals surface area contributed by atoms with Gasteiger partial charge in [0.15, 0.2) is 5.96 Å². The Labute approximate surface area is 182 Å². The smallest absolute Gasteiger partial charge is 0.191 e. The molecule has 0 spiro atoms. The van der Waals surface area contributed by atoms with Gasteiger partial charge in [0.25, 0.3) is 0 Å². The average Bonchev–Trinajstić information content (AvgIpc) is 2.66. The molecule has 0 heterocycles. The van der Waals surface area contributed by atoms with E-state index in [1.807, 2.05) is 12.1 Å². The fourth-order valence-electron chi connectivity index (χ4n) is 2.57. The third-order valence-corrected chi connectivity index (χ3v) is 4.21. The van der Waals surface area contributed by atoms with Gasteiger partial charge in [-0.3, -0.25) is 4.99 Å². The van der Waals surface area contributed by atoms with E-state index < -0.39 is 0 Å². The molecule has 0 saturated carbocycles. The number of aliphatic imine (C=N–C) groups is 1. The zero-order valence-electron chi connectivity index (χ0n) is 17.5. The Morgan fingerprint density at radius 2 is 1.78 bits per heavy atom. The Kier molecular flexibility index (Phi) is 15.3. The number of likely N-dealkylation sites (N-methyl/N-ethyl adjacent to an activating group) is 1. The van der Waals surface area contributed by atoms with E-state index in [9.17, 15) is 0 Å². The molecule has 0 aliphatic heterocycles. The summed E-state index contributed by atoms with van der Waals surface area (Å²) in [5.74, 6) is 1.69. The van der Waals surface area contributed by atoms with Crippen LogP contribution in [0.15, 0.2) is 29.3 Å². The highest BCUT2D eigenvalue weighted by Gasteiger charge is 2.14. The summed E-state index contributed by atoms with van der Waals surface area (Å²) in [5.41, 5.74) is 1.24. The summed E-state index contributed by atoms with van der Waals surface area (Å²) in [5, 5.41) is 6.76. The first-order valence-electron chi connectivity index (χ1n) is 9.45. The van der Waals surface area contributed by atoms with Gasteiger partial charge < -0.3 is 25.0 Å². The van der Waals surface area contributed by atoms with Crippen molar-refractivity contribution in [3.63, 3.8) is 0 Å². The summed E-state index contributed by atoms with van der Waals surface area (Å²) < 4.78 is 10.8. The van der Waals surface area contributed by atoms with Crippen LogP contribution in [-0.2, 0) is 4.74 Å². The minimum absolute atomic E-state index is 0. The zero-order valence-corrected chi connectivity index (χ0v) is 19.8. The average molecular weight is 492 g/mol. The van der Waals surface area contributed by atoms with E-state index in [0.717, 1.165) is 50.9 Å². The van der Waals surface area contributed by atoms with Crippen molar-refractivity contribution in [2.75, 3.05) is 54.6 Å². The van der Waals surface area contributed by atoms with Crippen molar-refractivity contribution in [2.45, 2.75) is 32.2 Å². The SMILES string of the molecule is CCCCOCCCNC(=NC)NCC(c1ccc(OC)cc1)N(C)C.I. The maximum atomic E-state index is 5.58. The van der Waals surface area contributed by atoms with Gasteiger partial charge in [0.1, 0.15) is 5.75 Å². The van der Waals surface area contributed by atoms with Crippen molar-refractivity contribution in [3.8, 4) is 5.75 Å². The van der Waals surface area contributed by atoms with E-state index in [1.54, 1.807) is 14.2 Å². The Balaban J connectivity index is 0.00000676. The lowest BCUT2D eigenvalue weighted by molar-refractivity contribution is 0.129. The maximum absolute atomic E-state index is 5.58. The fourth-order valence-corrected chi connectivity index (χ4v) is 2.57. The maximum Gasteiger partial charge on any atom is 0.191 e. The molecule has 156 valence electrons. The van der Waals surface area contributed by atoms with Crippen molar-refractivity contribution < 1.29 is 9.47 Å². The standard InChI is InChI=1S/C20H36N4O2.HI/c1-6-7-14-26-15-8-13-22-20(21-2)23-16-19(24(3)4)17-9-11-18(25-5)12-10-17;/h9-12,19H,6-8,13-16H2,1-5H3,(H2,21,22,23);1H. The summed E-state index contributed by atoms with van der Waals surface area (Å²) in [6.45, 7) is 5.44. The number of halogens is 1. The van der Waals surface area contributed by atoms with Crippen LogP contribution in [0.1, 0.15) is 37.8 Å². The molecule has 1 unspecified atom stereocenters. The molecule has 0 aromatic heterocycles. The van der Waals surface area contributed by atoms with E-state index in [2.05, 4.69) is 53.7 Å². The van der Waals surface area contributed by atoms with Crippen LogP contribution in [0.3, 0.4) is 0 Å². The van der Waals surface area contributed by atoms with Gasteiger partial charge in [0, 0.05) is 33.4 Å². The summed E-state index contributed by atoms with van der Waals surface area (Å²) in [7, 11) is 7.65. The summed E-state index contributed by atoms with van der Waals surface area (Å²) in [6, 6.07) is 8.45. The molecular formula is C20H37IN4O2. The van der Waals surface area contributed by atoms with Gasteiger partial charge in [-0.05, 0) is 44.6 Å². The molecule has 0 aliphatic carbocycles. The molecule has 0 aliphatic rings. The zero-order chi connectivity index (χ0) is 19.2. The van der Waals surface area contributed by atoms with Crippen LogP contribution < -0.4 is 15.4 Å². The van der Waals surface area contributed by atoms with Crippen LogP contribution in [0, 0.1) is 0 Å². The molecule has 0 amide bonds. The van der Waals surface area contributed by atoms with Crippen LogP contribution in [-0.4, -0.2) is 65.4 Å². The Hall–Kier alpha value is -1.06. The summed E-state index contributed by atoms with van der Waals surface area (Å²) in [4.78, 5) is 6.50. The van der Waals surface area contributed by atoms with Crippen molar-refractivity contribution >= 4 is 29.9 Å². The van der Waals surface area contributed by atoms with Gasteiger partial charge >= 0.3 is 0 Å². The van der Waals surface area contributed by atoms with Gasteiger partial charge in [0.05, 0.1) is 13.2 Å². The minimum atomic E-state index is 0. The number of nitrogens with zero attached hydrogens (tertiary/aromatic N) is 2. The van der Waals surface area contributed by atoms with Crippen LogP contribution in [0.4, 0.5) is 0 Å². The fraction of sp³-hybridized carbons (Fsp3) is 0.650. The lowest BCUT2D eigenvalue weighted by Gasteiger charge is -2.26. The van der Waals surface area contributed by atoms with Gasteiger partial charge in [-0.15, -0.1) is 24.0 Å². The van der Waals surface area contributed by atoms with Crippen LogP contribution in [0.25, 0.3) is 0 Å². The number of hydrogen-bond acceptors (Lipinski definition) is 4. The molecule has 1 aromatic carbocycles. The Morgan fingerprint density at radius 1 is 1.11 bits per heavy atom. The van der Waals surface area contributed by atoms with E-state index in [4.69, 9.17) is 9.47 Å². The number of benzene rings is 1. The second-order valence-electron chi connectivity index (χ2n) is 6.45. The van der Waals surface area contributed by atoms with Crippen LogP contribution in [0.5, 0.6) is 5.75 Å². The molecule has 0 bridgehead atoms. The van der Waals surface area contributed by atoms with Gasteiger partial charge in [-0.1, -0.05) is 25.5 Å². The third kappa shape index (κ3) is 10.8. The number of unbranched alkanes of at least 4 members (excludes halogenated alkanes) is 1. The second-order valence-corrected chi connectivity index (χ2v) is 6.45. The van der Waals surface area contributed by atoms with Crippen molar-refractivity contribution in [2.24, 2.45) is 4.99 Å². The van der Waals surface area contributed by atoms with E-state index >= 15 is 0 Å². The molecule has 1 aromatic rings. The Morgan fingerprint density at radius 3 is 2.33 bits per heavy atom. The molecule has 27 heavy (non-hydrogen) atoms.